The van der Waals surface area contributed by atoms with E-state index >= 15 is 0 Å². The first kappa shape index (κ1) is 24.3. The Morgan fingerprint density at radius 2 is 1.00 bits per heavy atom. The minimum absolute atomic E-state index is 4.03. The van der Waals surface area contributed by atoms with E-state index in [4.69, 9.17) is 0 Å². The van der Waals surface area contributed by atoms with Crippen LogP contribution in [-0.4, -0.2) is 58.7 Å². The summed E-state index contributed by atoms with van der Waals surface area (Å²) in [5, 5.41) is 0. The van der Waals surface area contributed by atoms with Crippen LogP contribution in [0.1, 0.15) is 0 Å². The first-order valence-electron chi connectivity index (χ1n) is 5.84. The molecule has 1 saturated heterocycles. The van der Waals surface area contributed by atoms with Crippen molar-refractivity contribution >= 4 is 5.91 Å². The number of alkyl halides is 17. The molecule has 0 aliphatic carbocycles. The standard InChI is InChI=1S/C9F17NO/c10-2(5(14,15)16)1(28)27(8(23,24)3(2,11)6(17,18)19)9(25,26)4(12,13)7(20,21)22. The second-order valence-electron chi connectivity index (χ2n) is 5.11. The van der Waals surface area contributed by atoms with Crippen molar-refractivity contribution < 1.29 is 79.4 Å². The quantitative estimate of drug-likeness (QED) is 0.430. The zero-order chi connectivity index (χ0) is 23.2. The number of carbonyl (C=O) groups is 1. The number of hydrogen-bond donors (Lipinski definition) is 0. The third kappa shape index (κ3) is 2.38. The Morgan fingerprint density at radius 3 is 1.21 bits per heavy atom. The molecule has 1 aliphatic rings. The van der Waals surface area contributed by atoms with Gasteiger partial charge < -0.3 is 0 Å². The van der Waals surface area contributed by atoms with Crippen LogP contribution < -0.4 is 0 Å². The highest BCUT2D eigenvalue weighted by atomic mass is 19.4. The lowest BCUT2D eigenvalue weighted by Crippen LogP contribution is -2.70. The molecule has 1 aliphatic heterocycles. The number of carbonyl (C=O) groups excluding carboxylic acids is 1. The summed E-state index contributed by atoms with van der Waals surface area (Å²) in [5.74, 6) is -13.0. The van der Waals surface area contributed by atoms with Crippen molar-refractivity contribution in [1.82, 2.24) is 4.90 Å². The van der Waals surface area contributed by atoms with E-state index in [0.717, 1.165) is 0 Å². The molecule has 0 aromatic heterocycles. The number of halogens is 17. The van der Waals surface area contributed by atoms with Gasteiger partial charge in [-0.25, -0.2) is 13.7 Å². The van der Waals surface area contributed by atoms with Gasteiger partial charge in [-0.2, -0.15) is 65.9 Å². The Kier molecular flexibility index (Phi) is 4.74. The third-order valence-electron chi connectivity index (χ3n) is 3.46. The SMILES string of the molecule is O=C1N(C(F)(F)C(F)(F)C(F)(F)F)C(F)(F)C(F)(C(F)(F)F)C1(F)C(F)(F)F. The maximum Gasteiger partial charge on any atom is 0.462 e. The zero-order valence-electron chi connectivity index (χ0n) is 11.8. The summed E-state index contributed by atoms with van der Waals surface area (Å²) in [6.45, 7) is 0. The van der Waals surface area contributed by atoms with E-state index in [9.17, 15) is 79.4 Å². The Balaban J connectivity index is 4.01. The fourth-order valence-corrected chi connectivity index (χ4v) is 2.09. The summed E-state index contributed by atoms with van der Waals surface area (Å²) in [4.78, 5) is 6.97. The molecule has 0 aromatic rings. The highest BCUT2D eigenvalue weighted by molar-refractivity contribution is 5.92. The van der Waals surface area contributed by atoms with Crippen LogP contribution in [0.25, 0.3) is 0 Å². The van der Waals surface area contributed by atoms with Crippen LogP contribution in [0.4, 0.5) is 74.6 Å². The fraction of sp³-hybridized carbons (Fsp3) is 0.889. The Morgan fingerprint density at radius 1 is 0.643 bits per heavy atom. The molecular formula is C9F17NO. The molecule has 19 heteroatoms. The molecule has 2 unspecified atom stereocenters. The molecular weight excluding hydrogens is 461 g/mol. The van der Waals surface area contributed by atoms with Gasteiger partial charge in [-0.1, -0.05) is 0 Å². The summed E-state index contributed by atoms with van der Waals surface area (Å²) in [7, 11) is 0. The Hall–Kier alpha value is -1.72. The molecule has 166 valence electrons. The molecule has 28 heavy (non-hydrogen) atoms. The zero-order valence-corrected chi connectivity index (χ0v) is 11.8. The summed E-state index contributed by atoms with van der Waals surface area (Å²) in [6.07, 6.45) is -23.3. The third-order valence-corrected chi connectivity index (χ3v) is 3.46. The van der Waals surface area contributed by atoms with E-state index in [0.29, 0.717) is 0 Å². The van der Waals surface area contributed by atoms with Gasteiger partial charge in [0, 0.05) is 0 Å². The minimum atomic E-state index is -8.02. The molecule has 0 aromatic carbocycles. The molecule has 0 N–H and O–H groups in total. The lowest BCUT2D eigenvalue weighted by molar-refractivity contribution is -0.425. The van der Waals surface area contributed by atoms with Crippen molar-refractivity contribution in [2.45, 2.75) is 47.9 Å². The molecule has 0 bridgehead atoms. The van der Waals surface area contributed by atoms with Crippen LogP contribution in [0.5, 0.6) is 0 Å². The van der Waals surface area contributed by atoms with Crippen molar-refractivity contribution in [3.8, 4) is 0 Å². The number of nitrogens with zero attached hydrogens (tertiary/aromatic N) is 1. The average Bonchev–Trinajstić information content (AvgIpc) is 2.52. The minimum Gasteiger partial charge on any atom is -0.270 e. The average molecular weight is 461 g/mol. The van der Waals surface area contributed by atoms with Crippen molar-refractivity contribution in [2.24, 2.45) is 0 Å². The van der Waals surface area contributed by atoms with E-state index in [2.05, 4.69) is 0 Å². The molecule has 0 radical (unpaired) electrons. The monoisotopic (exact) mass is 461 g/mol. The van der Waals surface area contributed by atoms with Crippen LogP contribution in [0, 0.1) is 0 Å². The van der Waals surface area contributed by atoms with Gasteiger partial charge in [0.2, 0.25) is 0 Å². The first-order chi connectivity index (χ1) is 11.8. The van der Waals surface area contributed by atoms with Gasteiger partial charge >= 0.3 is 47.9 Å². The fourth-order valence-electron chi connectivity index (χ4n) is 2.09. The summed E-state index contributed by atoms with van der Waals surface area (Å²) >= 11 is 0. The lowest BCUT2D eigenvalue weighted by Gasteiger charge is -2.39. The molecule has 1 rings (SSSR count). The smallest absolute Gasteiger partial charge is 0.270 e. The molecule has 0 saturated carbocycles. The second-order valence-corrected chi connectivity index (χ2v) is 5.11. The van der Waals surface area contributed by atoms with Crippen LogP contribution >= 0.6 is 0 Å². The van der Waals surface area contributed by atoms with Gasteiger partial charge in [-0.15, -0.1) is 0 Å². The highest BCUT2D eigenvalue weighted by Gasteiger charge is 3.01. The Labute approximate surface area is 139 Å². The van der Waals surface area contributed by atoms with Crippen LogP contribution in [-0.2, 0) is 4.79 Å². The maximum atomic E-state index is 13.8. The molecule has 2 atom stereocenters. The molecule has 2 nitrogen and oxygen atoms in total. The summed E-state index contributed by atoms with van der Waals surface area (Å²) in [6, 6.07) is -15.9. The second kappa shape index (κ2) is 5.45. The first-order valence-corrected chi connectivity index (χ1v) is 5.84. The molecule has 1 heterocycles. The number of rotatable bonds is 2. The highest BCUT2D eigenvalue weighted by Crippen LogP contribution is 2.67. The van der Waals surface area contributed by atoms with E-state index in [1.807, 2.05) is 0 Å². The van der Waals surface area contributed by atoms with Crippen LogP contribution in [0.3, 0.4) is 0 Å². The number of amides is 1. The van der Waals surface area contributed by atoms with E-state index in [1.54, 1.807) is 0 Å². The van der Waals surface area contributed by atoms with Gasteiger partial charge in [-0.3, -0.25) is 4.79 Å². The van der Waals surface area contributed by atoms with Gasteiger partial charge in [0.05, 0.1) is 0 Å². The van der Waals surface area contributed by atoms with E-state index < -0.39 is 58.7 Å². The Bertz CT molecular complexity index is 657. The van der Waals surface area contributed by atoms with Crippen LogP contribution in [0.15, 0.2) is 0 Å². The number of hydrogen-bond acceptors (Lipinski definition) is 1. The molecule has 1 fully saturated rings. The maximum absolute atomic E-state index is 13.8. The van der Waals surface area contributed by atoms with Gasteiger partial charge in [-0.05, 0) is 0 Å². The van der Waals surface area contributed by atoms with Crippen molar-refractivity contribution in [1.29, 1.82) is 0 Å². The number of likely N-dealkylation sites (tertiary alicyclic amines) is 1. The summed E-state index contributed by atoms with van der Waals surface area (Å²) < 4.78 is 218. The summed E-state index contributed by atoms with van der Waals surface area (Å²) in [5.41, 5.74) is -15.7. The predicted molar refractivity (Wildman–Crippen MR) is 47.5 cm³/mol. The lowest BCUT2D eigenvalue weighted by atomic mass is 9.86. The van der Waals surface area contributed by atoms with Crippen LogP contribution in [0.2, 0.25) is 0 Å². The van der Waals surface area contributed by atoms with Crippen molar-refractivity contribution in [3.63, 3.8) is 0 Å². The van der Waals surface area contributed by atoms with E-state index in [1.165, 1.54) is 0 Å². The van der Waals surface area contributed by atoms with Gasteiger partial charge in [0.1, 0.15) is 0 Å². The van der Waals surface area contributed by atoms with Gasteiger partial charge in [0.25, 0.3) is 5.91 Å². The normalized spacial score (nSPS) is 30.2. The predicted octanol–water partition coefficient (Wildman–Crippen LogP) is 4.75. The largest absolute Gasteiger partial charge is 0.462 e. The van der Waals surface area contributed by atoms with Crippen molar-refractivity contribution in [3.05, 3.63) is 0 Å². The topological polar surface area (TPSA) is 20.3 Å². The molecule has 0 spiro atoms. The van der Waals surface area contributed by atoms with E-state index in [-0.39, 0.29) is 0 Å². The van der Waals surface area contributed by atoms with Crippen molar-refractivity contribution in [2.75, 3.05) is 0 Å². The van der Waals surface area contributed by atoms with Gasteiger partial charge in [0.15, 0.2) is 0 Å². The molecule has 1 amide bonds.